The lowest BCUT2D eigenvalue weighted by atomic mass is 10.1. The van der Waals surface area contributed by atoms with Crippen LogP contribution in [0.5, 0.6) is 0 Å². The van der Waals surface area contributed by atoms with Gasteiger partial charge in [0.25, 0.3) is 0 Å². The lowest BCUT2D eigenvalue weighted by Gasteiger charge is -2.34. The Kier molecular flexibility index (Phi) is 7.33. The average Bonchev–Trinajstić information content (AvgIpc) is 3.26. The van der Waals surface area contributed by atoms with Crippen molar-refractivity contribution in [2.24, 2.45) is 0 Å². The number of rotatable bonds is 7. The summed E-state index contributed by atoms with van der Waals surface area (Å²) in [5.74, 6) is -0.248. The monoisotopic (exact) mass is 539 g/mol. The molecule has 0 saturated carbocycles. The Morgan fingerprint density at radius 3 is 2.27 bits per heavy atom. The number of benzene rings is 3. The molecule has 1 aromatic heterocycles. The first kappa shape index (κ1) is 25.4. The standard InChI is InChI=1S/C28H27ClFN3O3S/c29-23-8-12-25(13-9-23)37(35,36)33-17-15-31(16-18-33)28(34)14-7-22-20-32(27-4-2-1-3-26(22)27)19-21-5-10-24(30)11-6-21/h1-6,8-13,20H,7,14-19H2. The fourth-order valence-electron chi connectivity index (χ4n) is 4.77. The van der Waals surface area contributed by atoms with Crippen LogP contribution in [0.1, 0.15) is 17.5 Å². The summed E-state index contributed by atoms with van der Waals surface area (Å²) >= 11 is 5.88. The third-order valence-electron chi connectivity index (χ3n) is 6.79. The van der Waals surface area contributed by atoms with Crippen LogP contribution >= 0.6 is 11.6 Å². The third kappa shape index (κ3) is 5.56. The van der Waals surface area contributed by atoms with Gasteiger partial charge in [0.05, 0.1) is 4.90 Å². The number of aromatic nitrogens is 1. The first-order valence-electron chi connectivity index (χ1n) is 12.2. The number of amides is 1. The van der Waals surface area contributed by atoms with Gasteiger partial charge in [-0.05, 0) is 60.0 Å². The number of halogens is 2. The van der Waals surface area contributed by atoms with Gasteiger partial charge in [0.2, 0.25) is 15.9 Å². The van der Waals surface area contributed by atoms with Crippen LogP contribution in [0, 0.1) is 5.82 Å². The van der Waals surface area contributed by atoms with Crippen molar-refractivity contribution in [3.8, 4) is 0 Å². The fourth-order valence-corrected chi connectivity index (χ4v) is 6.32. The minimum Gasteiger partial charge on any atom is -0.343 e. The summed E-state index contributed by atoms with van der Waals surface area (Å²) in [6.07, 6.45) is 2.99. The fraction of sp³-hybridized carbons (Fsp3) is 0.250. The maximum Gasteiger partial charge on any atom is 0.243 e. The Balaban J connectivity index is 1.22. The van der Waals surface area contributed by atoms with Gasteiger partial charge in [-0.1, -0.05) is 41.9 Å². The Morgan fingerprint density at radius 2 is 1.57 bits per heavy atom. The molecule has 3 aromatic carbocycles. The highest BCUT2D eigenvalue weighted by Gasteiger charge is 2.30. The molecule has 1 saturated heterocycles. The number of piperazine rings is 1. The van der Waals surface area contributed by atoms with Gasteiger partial charge >= 0.3 is 0 Å². The van der Waals surface area contributed by atoms with Gasteiger partial charge in [-0.15, -0.1) is 0 Å². The smallest absolute Gasteiger partial charge is 0.243 e. The minimum atomic E-state index is -3.62. The van der Waals surface area contributed by atoms with Crippen molar-refractivity contribution in [3.05, 3.63) is 101 Å². The zero-order valence-corrected chi connectivity index (χ0v) is 21.8. The number of aryl methyl sites for hydroxylation is 1. The largest absolute Gasteiger partial charge is 0.343 e. The van der Waals surface area contributed by atoms with Gasteiger partial charge in [0.1, 0.15) is 5.82 Å². The molecule has 0 spiro atoms. The average molecular weight is 540 g/mol. The Labute approximate surface area is 220 Å². The molecule has 0 aliphatic carbocycles. The van der Waals surface area contributed by atoms with Crippen molar-refractivity contribution < 1.29 is 17.6 Å². The van der Waals surface area contributed by atoms with Crippen LogP contribution < -0.4 is 0 Å². The van der Waals surface area contributed by atoms with Crippen molar-refractivity contribution in [1.82, 2.24) is 13.8 Å². The molecule has 37 heavy (non-hydrogen) atoms. The van der Waals surface area contributed by atoms with Crippen LogP contribution in [-0.4, -0.2) is 54.3 Å². The van der Waals surface area contributed by atoms with Crippen molar-refractivity contribution >= 4 is 38.4 Å². The second-order valence-corrected chi connectivity index (χ2v) is 11.5. The third-order valence-corrected chi connectivity index (χ3v) is 8.95. The van der Waals surface area contributed by atoms with E-state index in [1.54, 1.807) is 29.2 Å². The number of sulfonamides is 1. The molecule has 192 valence electrons. The highest BCUT2D eigenvalue weighted by Crippen LogP contribution is 2.25. The molecule has 1 aliphatic heterocycles. The zero-order valence-electron chi connectivity index (χ0n) is 20.2. The van der Waals surface area contributed by atoms with E-state index in [1.165, 1.54) is 28.6 Å². The van der Waals surface area contributed by atoms with Crippen LogP contribution in [0.3, 0.4) is 0 Å². The van der Waals surface area contributed by atoms with Gasteiger partial charge in [0, 0.05) is 61.3 Å². The number of hydrogen-bond donors (Lipinski definition) is 0. The van der Waals surface area contributed by atoms with E-state index in [2.05, 4.69) is 16.8 Å². The summed E-state index contributed by atoms with van der Waals surface area (Å²) in [7, 11) is -3.62. The lowest BCUT2D eigenvalue weighted by Crippen LogP contribution is -2.50. The second-order valence-electron chi connectivity index (χ2n) is 9.16. The van der Waals surface area contributed by atoms with Crippen LogP contribution in [0.15, 0.2) is 83.9 Å². The van der Waals surface area contributed by atoms with Gasteiger partial charge in [0.15, 0.2) is 0 Å². The topological polar surface area (TPSA) is 62.6 Å². The number of para-hydroxylation sites is 1. The minimum absolute atomic E-state index is 0.0129. The SMILES string of the molecule is O=C(CCc1cn(Cc2ccc(F)cc2)c2ccccc12)N1CCN(S(=O)(=O)c2ccc(Cl)cc2)CC1. The maximum atomic E-state index is 13.3. The number of nitrogens with zero attached hydrogens (tertiary/aromatic N) is 3. The van der Waals surface area contributed by atoms with Crippen molar-refractivity contribution in [1.29, 1.82) is 0 Å². The highest BCUT2D eigenvalue weighted by molar-refractivity contribution is 7.89. The molecule has 6 nitrogen and oxygen atoms in total. The lowest BCUT2D eigenvalue weighted by molar-refractivity contribution is -0.132. The van der Waals surface area contributed by atoms with Crippen molar-refractivity contribution in [2.75, 3.05) is 26.2 Å². The summed E-state index contributed by atoms with van der Waals surface area (Å²) in [5, 5.41) is 1.57. The first-order chi connectivity index (χ1) is 17.8. The van der Waals surface area contributed by atoms with Gasteiger partial charge in [-0.2, -0.15) is 4.31 Å². The summed E-state index contributed by atoms with van der Waals surface area (Å²) in [5.41, 5.74) is 3.14. The maximum absolute atomic E-state index is 13.3. The van der Waals surface area contributed by atoms with E-state index in [9.17, 15) is 17.6 Å². The number of carbonyl (C=O) groups excluding carboxylic acids is 1. The number of hydrogen-bond acceptors (Lipinski definition) is 3. The molecule has 0 atom stereocenters. The van der Waals surface area contributed by atoms with Gasteiger partial charge in [-0.3, -0.25) is 4.79 Å². The van der Waals surface area contributed by atoms with E-state index in [1.807, 2.05) is 18.2 Å². The van der Waals surface area contributed by atoms with Gasteiger partial charge < -0.3 is 9.47 Å². The van der Waals surface area contributed by atoms with E-state index in [0.717, 1.165) is 22.0 Å². The molecule has 0 bridgehead atoms. The van der Waals surface area contributed by atoms with Crippen LogP contribution in [-0.2, 0) is 27.8 Å². The predicted molar refractivity (Wildman–Crippen MR) is 143 cm³/mol. The predicted octanol–water partition coefficient (Wildman–Crippen LogP) is 4.95. The molecule has 0 radical (unpaired) electrons. The summed E-state index contributed by atoms with van der Waals surface area (Å²) in [6, 6.07) is 20.7. The molecular formula is C28H27ClFN3O3S. The number of carbonyl (C=O) groups is 1. The van der Waals surface area contributed by atoms with E-state index in [-0.39, 0.29) is 29.7 Å². The molecular weight excluding hydrogens is 513 g/mol. The molecule has 1 fully saturated rings. The van der Waals surface area contributed by atoms with Crippen LogP contribution in [0.25, 0.3) is 10.9 Å². The van der Waals surface area contributed by atoms with Crippen LogP contribution in [0.2, 0.25) is 5.02 Å². The van der Waals surface area contributed by atoms with Gasteiger partial charge in [-0.25, -0.2) is 12.8 Å². The molecule has 5 rings (SSSR count). The molecule has 0 unspecified atom stereocenters. The first-order valence-corrected chi connectivity index (χ1v) is 14.0. The van der Waals surface area contributed by atoms with E-state index < -0.39 is 10.0 Å². The van der Waals surface area contributed by atoms with Crippen molar-refractivity contribution in [2.45, 2.75) is 24.3 Å². The summed E-state index contributed by atoms with van der Waals surface area (Å²) in [4.78, 5) is 14.9. The zero-order chi connectivity index (χ0) is 26.0. The van der Waals surface area contributed by atoms with E-state index >= 15 is 0 Å². The quantitative estimate of drug-likeness (QED) is 0.334. The van der Waals surface area contributed by atoms with E-state index in [4.69, 9.17) is 11.6 Å². The molecule has 1 amide bonds. The molecule has 1 aliphatic rings. The Morgan fingerprint density at radius 1 is 0.892 bits per heavy atom. The van der Waals surface area contributed by atoms with E-state index in [0.29, 0.717) is 37.5 Å². The Bertz CT molecular complexity index is 1510. The number of fused-ring (bicyclic) bond motifs is 1. The Hall–Kier alpha value is -3.20. The van der Waals surface area contributed by atoms with Crippen molar-refractivity contribution in [3.63, 3.8) is 0 Å². The molecule has 4 aromatic rings. The molecule has 0 N–H and O–H groups in total. The van der Waals surface area contributed by atoms with Crippen LogP contribution in [0.4, 0.5) is 4.39 Å². The molecule has 9 heteroatoms. The molecule has 2 heterocycles. The summed E-state index contributed by atoms with van der Waals surface area (Å²) in [6.45, 7) is 1.84. The highest BCUT2D eigenvalue weighted by atomic mass is 35.5. The normalized spacial score (nSPS) is 14.8. The summed E-state index contributed by atoms with van der Waals surface area (Å²) < 4.78 is 42.7. The second kappa shape index (κ2) is 10.7.